The Kier molecular flexibility index (Phi) is 3.03. The van der Waals surface area contributed by atoms with Gasteiger partial charge >= 0.3 is 0 Å². The van der Waals surface area contributed by atoms with Gasteiger partial charge in [-0.25, -0.2) is 0 Å². The molecule has 0 aromatic heterocycles. The molecule has 4 N–H and O–H groups in total. The zero-order chi connectivity index (χ0) is 9.30. The second-order valence-corrected chi connectivity index (χ2v) is 3.05. The molecular weight excluding hydrogens is 164 g/mol. The lowest BCUT2D eigenvalue weighted by molar-refractivity contribution is -0.186. The smallest absolute Gasteiger partial charge is 0.114 e. The maximum atomic E-state index is 9.28. The van der Waals surface area contributed by atoms with Crippen LogP contribution in [0.2, 0.25) is 0 Å². The van der Waals surface area contributed by atoms with Crippen LogP contribution in [0.1, 0.15) is 6.42 Å². The van der Waals surface area contributed by atoms with Crippen LogP contribution in [0.5, 0.6) is 0 Å². The topological polar surface area (TPSA) is 90.2 Å². The predicted octanol–water partition coefficient (Wildman–Crippen LogP) is -2.15. The van der Waals surface area contributed by atoms with E-state index in [4.69, 9.17) is 14.9 Å². The summed E-state index contributed by atoms with van der Waals surface area (Å²) in [7, 11) is 1.31. The highest BCUT2D eigenvalue weighted by Crippen LogP contribution is 2.22. The van der Waals surface area contributed by atoms with E-state index in [-0.39, 0.29) is 6.42 Å². The normalized spacial score (nSPS) is 49.2. The molecule has 0 heterocycles. The Hall–Kier alpha value is -0.200. The lowest BCUT2D eigenvalue weighted by Crippen LogP contribution is -2.56. The van der Waals surface area contributed by atoms with Gasteiger partial charge in [-0.05, 0) is 0 Å². The van der Waals surface area contributed by atoms with Gasteiger partial charge in [0.05, 0.1) is 12.2 Å². The van der Waals surface area contributed by atoms with Crippen molar-refractivity contribution in [3.05, 3.63) is 0 Å². The maximum Gasteiger partial charge on any atom is 0.114 e. The Morgan fingerprint density at radius 1 is 1.00 bits per heavy atom. The van der Waals surface area contributed by atoms with Crippen molar-refractivity contribution >= 4 is 0 Å². The molecule has 1 unspecified atom stereocenters. The Labute approximate surface area is 70.2 Å². The van der Waals surface area contributed by atoms with Gasteiger partial charge in [-0.2, -0.15) is 0 Å². The second kappa shape index (κ2) is 3.68. The van der Waals surface area contributed by atoms with Crippen LogP contribution in [0.25, 0.3) is 0 Å². The van der Waals surface area contributed by atoms with Gasteiger partial charge in [-0.3, -0.25) is 0 Å². The lowest BCUT2D eigenvalue weighted by atomic mass is 9.87. The van der Waals surface area contributed by atoms with Crippen molar-refractivity contribution < 1.29 is 25.2 Å². The number of ether oxygens (including phenoxy) is 1. The fourth-order valence-corrected chi connectivity index (χ4v) is 1.45. The summed E-state index contributed by atoms with van der Waals surface area (Å²) in [6, 6.07) is 0. The Morgan fingerprint density at radius 3 is 1.75 bits per heavy atom. The average Bonchev–Trinajstić information content (AvgIpc) is 2.02. The highest BCUT2D eigenvalue weighted by atomic mass is 16.5. The molecule has 5 nitrogen and oxygen atoms in total. The fraction of sp³-hybridized carbons (Fsp3) is 1.00. The van der Waals surface area contributed by atoms with Gasteiger partial charge in [0, 0.05) is 13.5 Å². The zero-order valence-corrected chi connectivity index (χ0v) is 6.79. The van der Waals surface area contributed by atoms with Crippen molar-refractivity contribution in [3.8, 4) is 0 Å². The Morgan fingerprint density at radius 2 is 1.42 bits per heavy atom. The van der Waals surface area contributed by atoms with Crippen LogP contribution < -0.4 is 0 Å². The van der Waals surface area contributed by atoms with E-state index in [1.165, 1.54) is 7.11 Å². The molecule has 5 atom stereocenters. The summed E-state index contributed by atoms with van der Waals surface area (Å²) >= 11 is 0. The molecule has 0 aromatic rings. The largest absolute Gasteiger partial charge is 0.390 e. The molecule has 0 aliphatic heterocycles. The monoisotopic (exact) mass is 178 g/mol. The van der Waals surface area contributed by atoms with Crippen molar-refractivity contribution in [3.63, 3.8) is 0 Å². The first-order chi connectivity index (χ1) is 5.57. The minimum absolute atomic E-state index is 0.0256. The molecule has 5 heteroatoms. The zero-order valence-electron chi connectivity index (χ0n) is 6.79. The Balaban J connectivity index is 2.67. The maximum absolute atomic E-state index is 9.28. The van der Waals surface area contributed by atoms with Crippen LogP contribution >= 0.6 is 0 Å². The van der Waals surface area contributed by atoms with E-state index in [9.17, 15) is 10.2 Å². The van der Waals surface area contributed by atoms with Crippen molar-refractivity contribution in [2.45, 2.75) is 36.9 Å². The summed E-state index contributed by atoms with van der Waals surface area (Å²) < 4.78 is 4.74. The van der Waals surface area contributed by atoms with Gasteiger partial charge in [-0.15, -0.1) is 0 Å². The number of aliphatic hydroxyl groups excluding tert-OH is 4. The van der Waals surface area contributed by atoms with Gasteiger partial charge in [-0.1, -0.05) is 0 Å². The van der Waals surface area contributed by atoms with E-state index >= 15 is 0 Å². The molecule has 0 spiro atoms. The first kappa shape index (κ1) is 9.88. The van der Waals surface area contributed by atoms with Crippen molar-refractivity contribution in [1.29, 1.82) is 0 Å². The van der Waals surface area contributed by atoms with Gasteiger partial charge in [0.25, 0.3) is 0 Å². The minimum atomic E-state index is -1.13. The van der Waals surface area contributed by atoms with Crippen LogP contribution in [0.4, 0.5) is 0 Å². The van der Waals surface area contributed by atoms with Gasteiger partial charge in [0.15, 0.2) is 0 Å². The molecule has 1 fully saturated rings. The van der Waals surface area contributed by atoms with Gasteiger partial charge in [0.2, 0.25) is 0 Å². The third kappa shape index (κ3) is 1.60. The van der Waals surface area contributed by atoms with Crippen molar-refractivity contribution in [2.75, 3.05) is 7.11 Å². The molecule has 0 radical (unpaired) electrons. The van der Waals surface area contributed by atoms with E-state index in [1.807, 2.05) is 0 Å². The number of hydrogen-bond donors (Lipinski definition) is 4. The molecule has 1 rings (SSSR count). The van der Waals surface area contributed by atoms with Crippen LogP contribution in [0, 0.1) is 0 Å². The summed E-state index contributed by atoms with van der Waals surface area (Å²) in [5.74, 6) is 0. The van der Waals surface area contributed by atoms with E-state index in [0.717, 1.165) is 0 Å². The highest BCUT2D eigenvalue weighted by Gasteiger charge is 2.42. The summed E-state index contributed by atoms with van der Waals surface area (Å²) in [6.07, 6.45) is -5.27. The van der Waals surface area contributed by atoms with E-state index in [1.54, 1.807) is 0 Å². The standard InChI is InChI=1S/C7H14O5/c1-12-7-5(10)3(8)2-4(9)6(7)11/h3-11H,2H2,1H3/t3-,4+,5+,6-,7?. The van der Waals surface area contributed by atoms with Crippen LogP contribution in [-0.2, 0) is 4.74 Å². The van der Waals surface area contributed by atoms with E-state index < -0.39 is 30.5 Å². The summed E-state index contributed by atoms with van der Waals surface area (Å²) in [5.41, 5.74) is 0. The Bertz CT molecular complexity index is 137. The van der Waals surface area contributed by atoms with E-state index in [0.29, 0.717) is 0 Å². The number of rotatable bonds is 1. The summed E-state index contributed by atoms with van der Waals surface area (Å²) in [6.45, 7) is 0. The molecule has 1 aliphatic carbocycles. The third-order valence-corrected chi connectivity index (χ3v) is 2.22. The summed E-state index contributed by atoms with van der Waals surface area (Å²) in [5, 5.41) is 36.9. The molecule has 0 saturated heterocycles. The fourth-order valence-electron chi connectivity index (χ4n) is 1.45. The van der Waals surface area contributed by atoms with Crippen LogP contribution in [0.3, 0.4) is 0 Å². The third-order valence-electron chi connectivity index (χ3n) is 2.22. The molecular formula is C7H14O5. The molecule has 72 valence electrons. The summed E-state index contributed by atoms with van der Waals surface area (Å²) in [4.78, 5) is 0. The predicted molar refractivity (Wildman–Crippen MR) is 39.4 cm³/mol. The van der Waals surface area contributed by atoms with Crippen molar-refractivity contribution in [2.24, 2.45) is 0 Å². The number of methoxy groups -OCH3 is 1. The SMILES string of the molecule is COC1[C@@H](O)[C@H](O)C[C@H](O)[C@H]1O. The first-order valence-corrected chi connectivity index (χ1v) is 3.83. The lowest BCUT2D eigenvalue weighted by Gasteiger charge is -2.37. The van der Waals surface area contributed by atoms with Crippen molar-refractivity contribution in [1.82, 2.24) is 0 Å². The second-order valence-electron chi connectivity index (χ2n) is 3.05. The molecule has 12 heavy (non-hydrogen) atoms. The van der Waals surface area contributed by atoms with Gasteiger partial charge < -0.3 is 25.2 Å². The number of hydrogen-bond acceptors (Lipinski definition) is 5. The van der Waals surface area contributed by atoms with E-state index in [2.05, 4.69) is 0 Å². The quantitative estimate of drug-likeness (QED) is 0.367. The molecule has 0 bridgehead atoms. The number of aliphatic hydroxyl groups is 4. The molecule has 0 amide bonds. The van der Waals surface area contributed by atoms with Crippen LogP contribution in [0.15, 0.2) is 0 Å². The van der Waals surface area contributed by atoms with Crippen LogP contribution in [-0.4, -0.2) is 58.1 Å². The minimum Gasteiger partial charge on any atom is -0.390 e. The first-order valence-electron chi connectivity index (χ1n) is 3.83. The molecule has 0 aromatic carbocycles. The molecule has 1 saturated carbocycles. The highest BCUT2D eigenvalue weighted by molar-refractivity contribution is 4.93. The van der Waals surface area contributed by atoms with Gasteiger partial charge in [0.1, 0.15) is 18.3 Å². The average molecular weight is 178 g/mol. The molecule has 1 aliphatic rings.